The van der Waals surface area contributed by atoms with Crippen molar-refractivity contribution in [1.29, 1.82) is 0 Å². The predicted octanol–water partition coefficient (Wildman–Crippen LogP) is 2.19. The van der Waals surface area contributed by atoms with Gasteiger partial charge in [0, 0.05) is 18.0 Å². The summed E-state index contributed by atoms with van der Waals surface area (Å²) in [5.41, 5.74) is -3.71. The van der Waals surface area contributed by atoms with Crippen LogP contribution < -0.4 is 15.4 Å². The number of hydrogen-bond acceptors (Lipinski definition) is 5. The average Bonchev–Trinajstić information content (AvgIpc) is 2.67. The van der Waals surface area contributed by atoms with Crippen molar-refractivity contribution in [2.24, 2.45) is 5.92 Å². The lowest BCUT2D eigenvalue weighted by Crippen LogP contribution is -2.72. The molecule has 3 atom stereocenters. The number of aromatic nitrogens is 1. The summed E-state index contributed by atoms with van der Waals surface area (Å²) in [5, 5.41) is 14.2. The highest BCUT2D eigenvalue weighted by atomic mass is 19.4. The Labute approximate surface area is 157 Å². The zero-order valence-electron chi connectivity index (χ0n) is 14.5. The lowest BCUT2D eigenvalue weighted by molar-refractivity contribution is -0.287. The van der Waals surface area contributed by atoms with Gasteiger partial charge in [0.1, 0.15) is 11.7 Å². The summed E-state index contributed by atoms with van der Waals surface area (Å²) in [6.45, 7) is 0. The van der Waals surface area contributed by atoms with Crippen LogP contribution in [0.25, 0.3) is 0 Å². The summed E-state index contributed by atoms with van der Waals surface area (Å²) in [5.74, 6) is -2.69. The van der Waals surface area contributed by atoms with Gasteiger partial charge in [-0.2, -0.15) is 13.2 Å². The average molecular weight is 395 g/mol. The summed E-state index contributed by atoms with van der Waals surface area (Å²) >= 11 is 0. The second-order valence-corrected chi connectivity index (χ2v) is 6.20. The number of halogens is 3. The van der Waals surface area contributed by atoms with Crippen LogP contribution in [0.5, 0.6) is 5.75 Å². The number of alkyl halides is 3. The summed E-state index contributed by atoms with van der Waals surface area (Å²) in [4.78, 5) is 28.6. The maximum atomic E-state index is 13.8. The van der Waals surface area contributed by atoms with E-state index in [1.807, 2.05) is 0 Å². The highest BCUT2D eigenvalue weighted by Crippen LogP contribution is 2.44. The van der Waals surface area contributed by atoms with Crippen molar-refractivity contribution in [2.75, 3.05) is 7.11 Å². The van der Waals surface area contributed by atoms with E-state index in [1.54, 1.807) is 0 Å². The summed E-state index contributed by atoms with van der Waals surface area (Å²) in [6, 6.07) is 5.74. The van der Waals surface area contributed by atoms with Crippen molar-refractivity contribution in [2.45, 2.75) is 17.9 Å². The van der Waals surface area contributed by atoms with Crippen LogP contribution >= 0.6 is 0 Å². The normalized spacial score (nSPS) is 24.8. The number of urea groups is 1. The number of rotatable bonds is 4. The van der Waals surface area contributed by atoms with Crippen LogP contribution in [0.15, 0.2) is 48.8 Å². The number of amides is 2. The maximum absolute atomic E-state index is 13.8. The molecule has 3 N–H and O–H groups in total. The molecule has 1 aromatic heterocycles. The number of benzene rings is 1. The molecule has 2 heterocycles. The molecule has 7 nitrogen and oxygen atoms in total. The number of nitrogens with zero attached hydrogens (tertiary/aromatic N) is 1. The highest BCUT2D eigenvalue weighted by Gasteiger charge is 2.66. The zero-order chi connectivity index (χ0) is 20.5. The van der Waals surface area contributed by atoms with Gasteiger partial charge in [-0.1, -0.05) is 12.1 Å². The molecule has 0 bridgehead atoms. The molecule has 148 valence electrons. The smallest absolute Gasteiger partial charge is 0.437 e. The molecule has 2 amide bonds. The number of ketones is 1. The lowest BCUT2D eigenvalue weighted by atomic mass is 9.77. The van der Waals surface area contributed by atoms with E-state index in [1.165, 1.54) is 55.0 Å². The van der Waals surface area contributed by atoms with Gasteiger partial charge in [-0.15, -0.1) is 0 Å². The van der Waals surface area contributed by atoms with Crippen molar-refractivity contribution in [1.82, 2.24) is 15.6 Å². The Bertz CT molecular complexity index is 874. The van der Waals surface area contributed by atoms with Crippen LogP contribution in [0.3, 0.4) is 0 Å². The fourth-order valence-electron chi connectivity index (χ4n) is 3.12. The first-order chi connectivity index (χ1) is 13.2. The van der Waals surface area contributed by atoms with Gasteiger partial charge >= 0.3 is 12.2 Å². The summed E-state index contributed by atoms with van der Waals surface area (Å²) in [7, 11) is 1.42. The third-order valence-electron chi connectivity index (χ3n) is 4.51. The van der Waals surface area contributed by atoms with Crippen LogP contribution in [0.4, 0.5) is 18.0 Å². The van der Waals surface area contributed by atoms with Gasteiger partial charge < -0.3 is 20.5 Å². The first-order valence-electron chi connectivity index (χ1n) is 8.13. The second-order valence-electron chi connectivity index (χ2n) is 6.20. The Morgan fingerprint density at radius 2 is 1.93 bits per heavy atom. The van der Waals surface area contributed by atoms with Gasteiger partial charge in [0.25, 0.3) is 0 Å². The van der Waals surface area contributed by atoms with Crippen molar-refractivity contribution < 1.29 is 32.6 Å². The molecule has 1 aromatic carbocycles. The van der Waals surface area contributed by atoms with E-state index in [0.717, 1.165) is 6.20 Å². The number of hydrogen-bond donors (Lipinski definition) is 3. The molecule has 10 heteroatoms. The number of Topliss-reactive ketones (excluding diaryl/α,β-unsaturated/α-hetero) is 1. The first-order valence-corrected chi connectivity index (χ1v) is 8.13. The SMILES string of the molecule is COc1ccc([C@H]2NC(=O)N[C@@](O)(C(F)(F)F)[C@@H]2C(=O)c2cccnc2)cc1. The molecule has 0 aliphatic carbocycles. The van der Waals surface area contributed by atoms with Gasteiger partial charge in [0.15, 0.2) is 5.78 Å². The molecule has 1 saturated heterocycles. The largest absolute Gasteiger partial charge is 0.497 e. The van der Waals surface area contributed by atoms with E-state index < -0.39 is 35.7 Å². The van der Waals surface area contributed by atoms with Gasteiger partial charge in [0.05, 0.1) is 13.2 Å². The summed E-state index contributed by atoms with van der Waals surface area (Å²) in [6.07, 6.45) is -2.85. The van der Waals surface area contributed by atoms with Gasteiger partial charge in [-0.25, -0.2) is 4.79 Å². The number of methoxy groups -OCH3 is 1. The number of ether oxygens (including phenoxy) is 1. The fraction of sp³-hybridized carbons (Fsp3) is 0.278. The molecule has 1 fully saturated rings. The zero-order valence-corrected chi connectivity index (χ0v) is 14.5. The molecular formula is C18H16F3N3O4. The van der Waals surface area contributed by atoms with E-state index in [-0.39, 0.29) is 11.1 Å². The van der Waals surface area contributed by atoms with E-state index >= 15 is 0 Å². The van der Waals surface area contributed by atoms with Crippen molar-refractivity contribution >= 4 is 11.8 Å². The minimum absolute atomic E-state index is 0.133. The van der Waals surface area contributed by atoms with E-state index in [4.69, 9.17) is 4.74 Å². The molecule has 28 heavy (non-hydrogen) atoms. The van der Waals surface area contributed by atoms with Crippen molar-refractivity contribution in [3.05, 3.63) is 59.9 Å². The highest BCUT2D eigenvalue weighted by molar-refractivity contribution is 6.00. The Morgan fingerprint density at radius 3 is 2.46 bits per heavy atom. The number of nitrogens with one attached hydrogen (secondary N) is 2. The molecule has 1 aliphatic heterocycles. The third-order valence-corrected chi connectivity index (χ3v) is 4.51. The van der Waals surface area contributed by atoms with Gasteiger partial charge in [-0.3, -0.25) is 9.78 Å². The van der Waals surface area contributed by atoms with E-state index in [2.05, 4.69) is 10.3 Å². The third kappa shape index (κ3) is 3.38. The monoisotopic (exact) mass is 395 g/mol. The molecule has 0 spiro atoms. The van der Waals surface area contributed by atoms with E-state index in [9.17, 15) is 27.9 Å². The van der Waals surface area contributed by atoms with Crippen LogP contribution in [-0.2, 0) is 0 Å². The lowest BCUT2D eigenvalue weighted by Gasteiger charge is -2.45. The predicted molar refractivity (Wildman–Crippen MR) is 90.5 cm³/mol. The van der Waals surface area contributed by atoms with Crippen LogP contribution in [-0.4, -0.2) is 40.9 Å². The second kappa shape index (κ2) is 7.12. The molecule has 1 aliphatic rings. The molecule has 0 radical (unpaired) electrons. The standard InChI is InChI=1S/C18H16F3N3O4/c1-28-12-6-4-10(5-7-12)14-13(15(25)11-3-2-8-22-9-11)17(27,18(19,20)21)24-16(26)23-14/h2-9,13-14,27H,1H3,(H2,23,24,26)/t13-,14+,17-/m0/s1. The molecule has 2 aromatic rings. The molecule has 0 saturated carbocycles. The number of carbonyl (C=O) groups excluding carboxylic acids is 2. The molecule has 0 unspecified atom stereocenters. The van der Waals surface area contributed by atoms with Crippen molar-refractivity contribution in [3.8, 4) is 5.75 Å². The Kier molecular flexibility index (Phi) is 4.99. The first kappa shape index (κ1) is 19.6. The van der Waals surface area contributed by atoms with Crippen LogP contribution in [0.1, 0.15) is 22.0 Å². The Balaban J connectivity index is 2.13. The fourth-order valence-corrected chi connectivity index (χ4v) is 3.12. The summed E-state index contributed by atoms with van der Waals surface area (Å²) < 4.78 is 46.3. The quantitative estimate of drug-likeness (QED) is 0.689. The molecular weight excluding hydrogens is 379 g/mol. The van der Waals surface area contributed by atoms with E-state index in [0.29, 0.717) is 5.75 Å². The minimum atomic E-state index is -5.31. The van der Waals surface area contributed by atoms with Crippen LogP contribution in [0.2, 0.25) is 0 Å². The number of carbonyl (C=O) groups is 2. The Morgan fingerprint density at radius 1 is 1.25 bits per heavy atom. The maximum Gasteiger partial charge on any atom is 0.437 e. The van der Waals surface area contributed by atoms with Gasteiger partial charge in [0.2, 0.25) is 5.72 Å². The van der Waals surface area contributed by atoms with Gasteiger partial charge in [-0.05, 0) is 29.8 Å². The Hall–Kier alpha value is -3.14. The minimum Gasteiger partial charge on any atom is -0.497 e. The number of aliphatic hydroxyl groups is 1. The molecule has 3 rings (SSSR count). The number of pyridine rings is 1. The van der Waals surface area contributed by atoms with Crippen molar-refractivity contribution in [3.63, 3.8) is 0 Å². The topological polar surface area (TPSA) is 101 Å². The van der Waals surface area contributed by atoms with Crippen LogP contribution in [0, 0.1) is 5.92 Å².